The average molecular weight is 422 g/mol. The van der Waals surface area contributed by atoms with E-state index in [0.29, 0.717) is 4.68 Å². The quantitative estimate of drug-likeness (QED) is 0.421. The Balaban J connectivity index is 2.03. The summed E-state index contributed by atoms with van der Waals surface area (Å²) in [4.78, 5) is 14.9. The molecule has 1 aromatic heterocycles. The molecule has 0 saturated heterocycles. The molecular formula is C16H12F6N4O3. The second kappa shape index (κ2) is 6.46. The molecule has 0 fully saturated rings. The van der Waals surface area contributed by atoms with Crippen molar-refractivity contribution < 1.29 is 36.1 Å². The fraction of sp³-hybridized carbons (Fsp3) is 0.375. The third kappa shape index (κ3) is 3.40. The van der Waals surface area contributed by atoms with E-state index in [2.05, 4.69) is 15.1 Å². The van der Waals surface area contributed by atoms with Crippen molar-refractivity contribution in [2.75, 3.05) is 0 Å². The maximum Gasteiger partial charge on any atom is 0.437 e. The number of alkyl halides is 6. The molecule has 0 saturated carbocycles. The summed E-state index contributed by atoms with van der Waals surface area (Å²) >= 11 is 0. The molecule has 1 atom stereocenters. The van der Waals surface area contributed by atoms with Crippen molar-refractivity contribution in [3.8, 4) is 0 Å². The minimum absolute atomic E-state index is 0.123. The summed E-state index contributed by atoms with van der Waals surface area (Å²) in [7, 11) is 0.940. The predicted octanol–water partition coefficient (Wildman–Crippen LogP) is 4.24. The minimum atomic E-state index is -5.12. The number of hydrogen-bond donors (Lipinski definition) is 0. The van der Waals surface area contributed by atoms with Crippen molar-refractivity contribution in [1.82, 2.24) is 9.78 Å². The van der Waals surface area contributed by atoms with Gasteiger partial charge < -0.3 is 4.84 Å². The first-order valence-corrected chi connectivity index (χ1v) is 7.95. The summed E-state index contributed by atoms with van der Waals surface area (Å²) in [6, 6.07) is 3.83. The van der Waals surface area contributed by atoms with Gasteiger partial charge in [-0.3, -0.25) is 14.8 Å². The van der Waals surface area contributed by atoms with Crippen LogP contribution >= 0.6 is 0 Å². The Morgan fingerprint density at radius 2 is 1.86 bits per heavy atom. The van der Waals surface area contributed by atoms with Crippen LogP contribution in [0.4, 0.5) is 32.0 Å². The van der Waals surface area contributed by atoms with Crippen LogP contribution in [0.15, 0.2) is 29.4 Å². The number of rotatable bonds is 3. The predicted molar refractivity (Wildman–Crippen MR) is 86.0 cm³/mol. The molecule has 13 heteroatoms. The molecule has 2 aromatic rings. The summed E-state index contributed by atoms with van der Waals surface area (Å²) < 4.78 is 80.9. The summed E-state index contributed by atoms with van der Waals surface area (Å²) in [5.41, 5.74) is -5.69. The van der Waals surface area contributed by atoms with Gasteiger partial charge >= 0.3 is 12.4 Å². The van der Waals surface area contributed by atoms with E-state index in [-0.39, 0.29) is 28.6 Å². The third-order valence-corrected chi connectivity index (χ3v) is 4.50. The lowest BCUT2D eigenvalue weighted by Gasteiger charge is -2.28. The van der Waals surface area contributed by atoms with Gasteiger partial charge in [0.1, 0.15) is 0 Å². The Labute approximate surface area is 158 Å². The maximum atomic E-state index is 13.9. The van der Waals surface area contributed by atoms with Gasteiger partial charge in [-0.05, 0) is 25.1 Å². The standard InChI is InChI=1S/C16H12F6N4O3/c1-8-5-9(3-4-11(8)26(27)28)10-7-14(29-24-10,16(20,21)22)13-6-12(15(17,18)19)23-25(13)2/h3-6H,7H2,1-2H3. The molecule has 1 aliphatic heterocycles. The lowest BCUT2D eigenvalue weighted by molar-refractivity contribution is -0.385. The first-order valence-electron chi connectivity index (χ1n) is 7.95. The maximum absolute atomic E-state index is 13.9. The smallest absolute Gasteiger partial charge is 0.372 e. The highest BCUT2D eigenvalue weighted by molar-refractivity contribution is 6.02. The summed E-state index contributed by atoms with van der Waals surface area (Å²) in [5, 5.41) is 17.4. The highest BCUT2D eigenvalue weighted by Gasteiger charge is 2.64. The van der Waals surface area contributed by atoms with Crippen LogP contribution < -0.4 is 0 Å². The van der Waals surface area contributed by atoms with Crippen LogP contribution in [0.1, 0.15) is 28.9 Å². The van der Waals surface area contributed by atoms with Crippen LogP contribution in [0.5, 0.6) is 0 Å². The molecule has 0 aliphatic carbocycles. The fourth-order valence-electron chi connectivity index (χ4n) is 3.05. The molecular weight excluding hydrogens is 410 g/mol. The molecule has 7 nitrogen and oxygen atoms in total. The van der Waals surface area contributed by atoms with Gasteiger partial charge in [0.25, 0.3) is 11.3 Å². The van der Waals surface area contributed by atoms with Gasteiger partial charge in [0, 0.05) is 24.2 Å². The summed E-state index contributed by atoms with van der Waals surface area (Å²) in [5.74, 6) is 0. The molecule has 29 heavy (non-hydrogen) atoms. The first kappa shape index (κ1) is 20.6. The van der Waals surface area contributed by atoms with Crippen LogP contribution in [0.2, 0.25) is 0 Å². The molecule has 1 aliphatic rings. The van der Waals surface area contributed by atoms with E-state index < -0.39 is 40.7 Å². The fourth-order valence-corrected chi connectivity index (χ4v) is 3.05. The van der Waals surface area contributed by atoms with Gasteiger partial charge in [-0.25, -0.2) is 0 Å². The van der Waals surface area contributed by atoms with Gasteiger partial charge in [-0.15, -0.1) is 0 Å². The molecule has 156 valence electrons. The van der Waals surface area contributed by atoms with E-state index in [1.807, 2.05) is 0 Å². The van der Waals surface area contributed by atoms with Gasteiger partial charge in [-0.1, -0.05) is 5.16 Å². The van der Waals surface area contributed by atoms with E-state index in [0.717, 1.165) is 13.1 Å². The van der Waals surface area contributed by atoms with Crippen molar-refractivity contribution in [3.63, 3.8) is 0 Å². The molecule has 3 rings (SSSR count). The number of nitro groups is 1. The largest absolute Gasteiger partial charge is 0.437 e. The van der Waals surface area contributed by atoms with Crippen molar-refractivity contribution in [1.29, 1.82) is 0 Å². The van der Waals surface area contributed by atoms with E-state index in [4.69, 9.17) is 0 Å². The van der Waals surface area contributed by atoms with E-state index >= 15 is 0 Å². The number of aryl methyl sites for hydroxylation is 2. The third-order valence-electron chi connectivity index (χ3n) is 4.50. The Bertz CT molecular complexity index is 1010. The van der Waals surface area contributed by atoms with E-state index in [9.17, 15) is 36.5 Å². The minimum Gasteiger partial charge on any atom is -0.372 e. The monoisotopic (exact) mass is 422 g/mol. The Kier molecular flexibility index (Phi) is 4.59. The molecule has 0 amide bonds. The van der Waals surface area contributed by atoms with Gasteiger partial charge in [0.05, 0.1) is 22.7 Å². The number of hydrogen-bond acceptors (Lipinski definition) is 5. The van der Waals surface area contributed by atoms with Crippen LogP contribution in [0.25, 0.3) is 0 Å². The normalized spacial score (nSPS) is 19.8. The zero-order chi connectivity index (χ0) is 21.8. The van der Waals surface area contributed by atoms with Crippen molar-refractivity contribution >= 4 is 11.4 Å². The molecule has 1 aromatic carbocycles. The Hall–Kier alpha value is -3.12. The second-order valence-electron chi connectivity index (χ2n) is 6.43. The number of oxime groups is 1. The Morgan fingerprint density at radius 1 is 1.21 bits per heavy atom. The second-order valence-corrected chi connectivity index (χ2v) is 6.43. The highest BCUT2D eigenvalue weighted by atomic mass is 19.4. The number of halogens is 6. The van der Waals surface area contributed by atoms with Crippen LogP contribution in [-0.4, -0.2) is 26.6 Å². The van der Waals surface area contributed by atoms with Crippen LogP contribution in [-0.2, 0) is 23.7 Å². The summed E-state index contributed by atoms with van der Waals surface area (Å²) in [6.07, 6.45) is -11.0. The van der Waals surface area contributed by atoms with E-state index in [1.165, 1.54) is 19.1 Å². The zero-order valence-corrected chi connectivity index (χ0v) is 14.8. The lowest BCUT2D eigenvalue weighted by atomic mass is 9.89. The van der Waals surface area contributed by atoms with Crippen LogP contribution in [0, 0.1) is 17.0 Å². The number of benzene rings is 1. The molecule has 0 radical (unpaired) electrons. The molecule has 1 unspecified atom stereocenters. The number of nitrogens with zero attached hydrogens (tertiary/aromatic N) is 4. The van der Waals surface area contributed by atoms with Crippen LogP contribution in [0.3, 0.4) is 0 Å². The number of aromatic nitrogens is 2. The van der Waals surface area contributed by atoms with Crippen molar-refractivity contribution in [2.24, 2.45) is 12.2 Å². The topological polar surface area (TPSA) is 82.5 Å². The van der Waals surface area contributed by atoms with Crippen molar-refractivity contribution in [3.05, 3.63) is 56.9 Å². The summed E-state index contributed by atoms with van der Waals surface area (Å²) in [6.45, 7) is 1.39. The van der Waals surface area contributed by atoms with Gasteiger partial charge in [0.15, 0.2) is 5.69 Å². The first-order chi connectivity index (χ1) is 13.3. The lowest BCUT2D eigenvalue weighted by Crippen LogP contribution is -2.44. The average Bonchev–Trinajstić information content (AvgIpc) is 3.18. The number of nitro benzene ring substituents is 1. The molecule has 0 N–H and O–H groups in total. The molecule has 2 heterocycles. The van der Waals surface area contributed by atoms with Crippen molar-refractivity contribution in [2.45, 2.75) is 31.3 Å². The molecule has 0 spiro atoms. The zero-order valence-electron chi connectivity index (χ0n) is 14.8. The highest BCUT2D eigenvalue weighted by Crippen LogP contribution is 2.49. The van der Waals surface area contributed by atoms with Gasteiger partial charge in [-0.2, -0.15) is 31.4 Å². The SMILES string of the molecule is Cc1cc(C2=NOC(c3cc(C(F)(F)F)nn3C)(C(F)(F)F)C2)ccc1[N+](=O)[O-]. The van der Waals surface area contributed by atoms with Gasteiger partial charge in [0.2, 0.25) is 0 Å². The Morgan fingerprint density at radius 3 is 2.34 bits per heavy atom. The molecule has 0 bridgehead atoms. The van der Waals surface area contributed by atoms with E-state index in [1.54, 1.807) is 0 Å².